The summed E-state index contributed by atoms with van der Waals surface area (Å²) in [6.45, 7) is 1.80. The van der Waals surface area contributed by atoms with Crippen LogP contribution in [-0.2, 0) is 6.42 Å². The molecule has 4 rings (SSSR count). The number of halogens is 1. The summed E-state index contributed by atoms with van der Waals surface area (Å²) in [4.78, 5) is 25.6. The van der Waals surface area contributed by atoms with Gasteiger partial charge in [0.1, 0.15) is 29.0 Å². The van der Waals surface area contributed by atoms with E-state index in [0.29, 0.717) is 29.9 Å². The normalized spacial score (nSPS) is 13.0. The Balaban J connectivity index is 1.39. The lowest BCUT2D eigenvalue weighted by molar-refractivity contribution is -0.384. The van der Waals surface area contributed by atoms with Gasteiger partial charge < -0.3 is 16.0 Å². The van der Waals surface area contributed by atoms with Gasteiger partial charge in [-0.05, 0) is 62.1 Å². The molecule has 3 N–H and O–H groups in total. The molecule has 1 aromatic heterocycles. The summed E-state index contributed by atoms with van der Waals surface area (Å²) in [6, 6.07) is 12.2. The third kappa shape index (κ3) is 5.06. The van der Waals surface area contributed by atoms with E-state index in [4.69, 9.17) is 5.73 Å². The number of aryl methyl sites for hydroxylation is 1. The Morgan fingerprint density at radius 2 is 1.94 bits per heavy atom. The molecule has 180 valence electrons. The van der Waals surface area contributed by atoms with Crippen molar-refractivity contribution in [3.8, 4) is 11.8 Å². The zero-order valence-corrected chi connectivity index (χ0v) is 18.9. The molecule has 0 saturated carbocycles. The molecule has 1 saturated heterocycles. The number of nitrogens with zero attached hydrogens (tertiary/aromatic N) is 5. The number of carbonyl (C=O) groups is 1. The van der Waals surface area contributed by atoms with E-state index in [1.807, 2.05) is 11.0 Å². The average molecular weight is 478 g/mol. The molecule has 1 aliphatic rings. The fourth-order valence-electron chi connectivity index (χ4n) is 4.15. The summed E-state index contributed by atoms with van der Waals surface area (Å²) >= 11 is 0. The summed E-state index contributed by atoms with van der Waals surface area (Å²) in [6.07, 6.45) is 2.81. The minimum Gasteiger partial charge on any atom is -0.382 e. The number of nitrogen functional groups attached to an aromatic ring is 1. The second-order valence-corrected chi connectivity index (χ2v) is 8.22. The summed E-state index contributed by atoms with van der Waals surface area (Å²) in [5, 5.41) is 28.2. The Kier molecular flexibility index (Phi) is 6.91. The lowest BCUT2D eigenvalue weighted by atomic mass is 10.1. The first-order valence-corrected chi connectivity index (χ1v) is 11.2. The number of anilines is 2. The van der Waals surface area contributed by atoms with Crippen LogP contribution in [-0.4, -0.2) is 40.2 Å². The van der Waals surface area contributed by atoms with E-state index < -0.39 is 16.6 Å². The highest BCUT2D eigenvalue weighted by atomic mass is 19.1. The SMILES string of the molecule is N#Cc1c(CCCNC(=O)c2ccc(N3CCCC3)c([N+](=O)[O-])c2)nn(-c2ccc(F)cc2)c1N. The number of aromatic nitrogens is 2. The molecule has 1 amide bonds. The Labute approximate surface area is 200 Å². The van der Waals surface area contributed by atoms with Gasteiger partial charge >= 0.3 is 0 Å². The second kappa shape index (κ2) is 10.2. The number of nitrogens with one attached hydrogen (secondary N) is 1. The summed E-state index contributed by atoms with van der Waals surface area (Å²) in [5.74, 6) is -0.659. The van der Waals surface area contributed by atoms with E-state index >= 15 is 0 Å². The van der Waals surface area contributed by atoms with Crippen LogP contribution in [0.25, 0.3) is 5.69 Å². The number of rotatable bonds is 8. The predicted octanol–water partition coefficient (Wildman–Crippen LogP) is 3.34. The zero-order valence-electron chi connectivity index (χ0n) is 18.9. The number of nitro benzene ring substituents is 1. The molecule has 1 aliphatic heterocycles. The molecule has 0 bridgehead atoms. The third-order valence-electron chi connectivity index (χ3n) is 5.93. The first kappa shape index (κ1) is 23.7. The lowest BCUT2D eigenvalue weighted by Crippen LogP contribution is -2.25. The van der Waals surface area contributed by atoms with Gasteiger partial charge in [0.15, 0.2) is 0 Å². The van der Waals surface area contributed by atoms with Gasteiger partial charge in [0.2, 0.25) is 0 Å². The smallest absolute Gasteiger partial charge is 0.293 e. The molecule has 11 heteroatoms. The quantitative estimate of drug-likeness (QED) is 0.288. The van der Waals surface area contributed by atoms with Gasteiger partial charge in [0.25, 0.3) is 11.6 Å². The van der Waals surface area contributed by atoms with Crippen LogP contribution in [0.2, 0.25) is 0 Å². The van der Waals surface area contributed by atoms with Gasteiger partial charge in [-0.25, -0.2) is 9.07 Å². The van der Waals surface area contributed by atoms with Crippen LogP contribution in [0.1, 0.15) is 40.9 Å². The number of hydrogen-bond donors (Lipinski definition) is 2. The van der Waals surface area contributed by atoms with Crippen LogP contribution in [0.4, 0.5) is 21.6 Å². The van der Waals surface area contributed by atoms with Crippen molar-refractivity contribution in [3.63, 3.8) is 0 Å². The summed E-state index contributed by atoms with van der Waals surface area (Å²) in [5.41, 5.74) is 7.95. The van der Waals surface area contributed by atoms with Gasteiger partial charge in [0.05, 0.1) is 16.3 Å². The standard InChI is InChI=1S/C24H24FN7O3/c25-17-6-8-18(9-7-17)31-23(27)19(15-26)20(29-31)4-3-11-28-24(33)16-5-10-21(22(14-16)32(34)35)30-12-1-2-13-30/h5-10,14H,1-4,11-13,27H2,(H,28,33). The highest BCUT2D eigenvalue weighted by Gasteiger charge is 2.24. The van der Waals surface area contributed by atoms with Crippen LogP contribution < -0.4 is 16.0 Å². The first-order chi connectivity index (χ1) is 16.9. The van der Waals surface area contributed by atoms with Crippen molar-refractivity contribution in [2.75, 3.05) is 30.3 Å². The fourth-order valence-corrected chi connectivity index (χ4v) is 4.15. The molecule has 0 spiro atoms. The maximum absolute atomic E-state index is 13.2. The summed E-state index contributed by atoms with van der Waals surface area (Å²) in [7, 11) is 0. The number of hydrogen-bond acceptors (Lipinski definition) is 7. The van der Waals surface area contributed by atoms with Gasteiger partial charge in [-0.2, -0.15) is 10.4 Å². The number of amides is 1. The topological polar surface area (TPSA) is 143 Å². The van der Waals surface area contributed by atoms with Gasteiger partial charge in [-0.3, -0.25) is 14.9 Å². The maximum atomic E-state index is 13.2. The fraction of sp³-hybridized carbons (Fsp3) is 0.292. The van der Waals surface area contributed by atoms with E-state index in [2.05, 4.69) is 10.4 Å². The number of nitrogens with two attached hydrogens (primary N) is 1. The van der Waals surface area contributed by atoms with Crippen LogP contribution in [0, 0.1) is 27.3 Å². The highest BCUT2D eigenvalue weighted by Crippen LogP contribution is 2.31. The van der Waals surface area contributed by atoms with Crippen molar-refractivity contribution in [2.45, 2.75) is 25.7 Å². The van der Waals surface area contributed by atoms with E-state index in [-0.39, 0.29) is 29.2 Å². The minimum absolute atomic E-state index is 0.0833. The van der Waals surface area contributed by atoms with Gasteiger partial charge in [-0.1, -0.05) is 0 Å². The molecular formula is C24H24FN7O3. The molecule has 3 aromatic rings. The minimum atomic E-state index is -0.463. The van der Waals surface area contributed by atoms with E-state index in [1.165, 1.54) is 35.0 Å². The molecule has 0 radical (unpaired) electrons. The average Bonchev–Trinajstić information content (AvgIpc) is 3.50. The molecule has 35 heavy (non-hydrogen) atoms. The lowest BCUT2D eigenvalue weighted by Gasteiger charge is -2.17. The largest absolute Gasteiger partial charge is 0.382 e. The van der Waals surface area contributed by atoms with Crippen molar-refractivity contribution >= 4 is 23.1 Å². The number of carbonyl (C=O) groups excluding carboxylic acids is 1. The molecule has 10 nitrogen and oxygen atoms in total. The van der Waals surface area contributed by atoms with Crippen LogP contribution >= 0.6 is 0 Å². The van der Waals surface area contributed by atoms with Crippen LogP contribution in [0.5, 0.6) is 0 Å². The molecule has 2 aromatic carbocycles. The van der Waals surface area contributed by atoms with Gasteiger partial charge in [-0.15, -0.1) is 0 Å². The maximum Gasteiger partial charge on any atom is 0.293 e. The zero-order chi connectivity index (χ0) is 24.9. The van der Waals surface area contributed by atoms with Gasteiger partial charge in [0, 0.05) is 31.3 Å². The molecule has 0 atom stereocenters. The molecule has 1 fully saturated rings. The van der Waals surface area contributed by atoms with E-state index in [0.717, 1.165) is 25.9 Å². The number of benzene rings is 2. The Morgan fingerprint density at radius 1 is 1.23 bits per heavy atom. The van der Waals surface area contributed by atoms with Crippen molar-refractivity contribution < 1.29 is 14.1 Å². The molecule has 0 unspecified atom stereocenters. The monoisotopic (exact) mass is 477 g/mol. The number of nitriles is 1. The Bertz CT molecular complexity index is 1290. The highest BCUT2D eigenvalue weighted by molar-refractivity contribution is 5.95. The Morgan fingerprint density at radius 3 is 2.60 bits per heavy atom. The molecular weight excluding hydrogens is 453 g/mol. The first-order valence-electron chi connectivity index (χ1n) is 11.2. The van der Waals surface area contributed by atoms with Crippen LogP contribution in [0.3, 0.4) is 0 Å². The van der Waals surface area contributed by atoms with E-state index in [1.54, 1.807) is 12.1 Å². The Hall–Kier alpha value is -4.46. The molecule has 2 heterocycles. The van der Waals surface area contributed by atoms with Crippen molar-refractivity contribution in [3.05, 3.63) is 75.2 Å². The second-order valence-electron chi connectivity index (χ2n) is 8.22. The van der Waals surface area contributed by atoms with E-state index in [9.17, 15) is 24.6 Å². The van der Waals surface area contributed by atoms with Crippen molar-refractivity contribution in [2.24, 2.45) is 0 Å². The number of nitro groups is 1. The molecule has 0 aliphatic carbocycles. The predicted molar refractivity (Wildman–Crippen MR) is 128 cm³/mol. The third-order valence-corrected chi connectivity index (χ3v) is 5.93. The van der Waals surface area contributed by atoms with Crippen molar-refractivity contribution in [1.82, 2.24) is 15.1 Å². The summed E-state index contributed by atoms with van der Waals surface area (Å²) < 4.78 is 14.6. The van der Waals surface area contributed by atoms with Crippen LogP contribution in [0.15, 0.2) is 42.5 Å². The van der Waals surface area contributed by atoms with Crippen molar-refractivity contribution in [1.29, 1.82) is 5.26 Å².